The number of benzene rings is 2. The Labute approximate surface area is 110 Å². The van der Waals surface area contributed by atoms with Crippen LogP contribution in [0.2, 0.25) is 0 Å². The molecule has 0 aliphatic heterocycles. The number of phenolic OH excluding ortho intramolecular Hbond substituents is 1. The Kier molecular flexibility index (Phi) is 5.99. The van der Waals surface area contributed by atoms with E-state index in [9.17, 15) is 0 Å². The molecule has 1 atom stereocenters. The molecule has 1 unspecified atom stereocenters. The van der Waals surface area contributed by atoms with E-state index >= 15 is 0 Å². The Morgan fingerprint density at radius 3 is 1.89 bits per heavy atom. The lowest BCUT2D eigenvalue weighted by Gasteiger charge is -2.07. The van der Waals surface area contributed by atoms with Crippen molar-refractivity contribution in [1.29, 1.82) is 0 Å². The number of hydrogen-bond acceptors (Lipinski definition) is 1. The second kappa shape index (κ2) is 7.54. The summed E-state index contributed by atoms with van der Waals surface area (Å²) >= 11 is 0. The van der Waals surface area contributed by atoms with Crippen LogP contribution in [-0.2, 0) is 0 Å². The first-order chi connectivity index (χ1) is 8.63. The molecule has 0 amide bonds. The third kappa shape index (κ3) is 5.05. The molecule has 2 rings (SSSR count). The van der Waals surface area contributed by atoms with E-state index in [1.807, 2.05) is 6.07 Å². The fourth-order valence-corrected chi connectivity index (χ4v) is 1.56. The summed E-state index contributed by atoms with van der Waals surface area (Å²) in [7, 11) is 0. The summed E-state index contributed by atoms with van der Waals surface area (Å²) in [6, 6.07) is 17.5. The van der Waals surface area contributed by atoms with Gasteiger partial charge in [-0.25, -0.2) is 0 Å². The lowest BCUT2D eigenvalue weighted by molar-refractivity contribution is 0.475. The van der Waals surface area contributed by atoms with Crippen molar-refractivity contribution in [2.24, 2.45) is 0 Å². The van der Waals surface area contributed by atoms with Crippen LogP contribution in [0.4, 0.5) is 0 Å². The van der Waals surface area contributed by atoms with E-state index < -0.39 is 0 Å². The van der Waals surface area contributed by atoms with Crippen LogP contribution in [0.25, 0.3) is 0 Å². The lowest BCUT2D eigenvalue weighted by atomic mass is 9.98. The van der Waals surface area contributed by atoms with E-state index in [1.54, 1.807) is 24.3 Å². The maximum atomic E-state index is 8.63. The predicted molar refractivity (Wildman–Crippen MR) is 78.0 cm³/mol. The number of aromatic hydroxyl groups is 1. The van der Waals surface area contributed by atoms with E-state index in [0.29, 0.717) is 11.7 Å². The first-order valence-corrected chi connectivity index (χ1v) is 6.44. The van der Waals surface area contributed by atoms with E-state index in [2.05, 4.69) is 45.0 Å². The smallest absolute Gasteiger partial charge is 0.115 e. The van der Waals surface area contributed by atoms with Gasteiger partial charge in [-0.05, 0) is 37.0 Å². The highest BCUT2D eigenvalue weighted by Crippen LogP contribution is 2.18. The van der Waals surface area contributed by atoms with E-state index in [1.165, 1.54) is 17.5 Å². The predicted octanol–water partition coefficient (Wildman–Crippen LogP) is 4.90. The van der Waals surface area contributed by atoms with Crippen LogP contribution >= 0.6 is 0 Å². The zero-order valence-electron chi connectivity index (χ0n) is 11.4. The highest BCUT2D eigenvalue weighted by Gasteiger charge is 2.00. The molecule has 0 fully saturated rings. The third-order valence-corrected chi connectivity index (χ3v) is 3.01. The minimum Gasteiger partial charge on any atom is -0.508 e. The van der Waals surface area contributed by atoms with Gasteiger partial charge in [0.1, 0.15) is 5.75 Å². The average molecular weight is 242 g/mol. The largest absolute Gasteiger partial charge is 0.508 e. The van der Waals surface area contributed by atoms with Gasteiger partial charge in [0.2, 0.25) is 0 Å². The SMILES string of the molecule is CCC(C)c1ccc(C)cc1.Oc1ccccc1. The van der Waals surface area contributed by atoms with Crippen LogP contribution < -0.4 is 0 Å². The van der Waals surface area contributed by atoms with Gasteiger partial charge in [-0.1, -0.05) is 61.9 Å². The highest BCUT2D eigenvalue weighted by atomic mass is 16.3. The summed E-state index contributed by atoms with van der Waals surface area (Å²) in [6.45, 7) is 6.62. The van der Waals surface area contributed by atoms with Crippen molar-refractivity contribution in [1.82, 2.24) is 0 Å². The normalized spacial score (nSPS) is 11.3. The molecule has 96 valence electrons. The first kappa shape index (κ1) is 14.3. The average Bonchev–Trinajstić information content (AvgIpc) is 2.40. The number of phenols is 1. The third-order valence-electron chi connectivity index (χ3n) is 3.01. The summed E-state index contributed by atoms with van der Waals surface area (Å²) in [6.07, 6.45) is 1.23. The van der Waals surface area contributed by atoms with Crippen molar-refractivity contribution >= 4 is 0 Å². The molecule has 18 heavy (non-hydrogen) atoms. The van der Waals surface area contributed by atoms with E-state index in [-0.39, 0.29) is 0 Å². The Balaban J connectivity index is 0.000000199. The molecule has 0 bridgehead atoms. The van der Waals surface area contributed by atoms with Crippen LogP contribution in [0.1, 0.15) is 37.3 Å². The minimum atomic E-state index is 0.322. The molecule has 2 aromatic carbocycles. The maximum absolute atomic E-state index is 8.63. The molecule has 0 saturated heterocycles. The molecule has 1 N–H and O–H groups in total. The summed E-state index contributed by atoms with van der Waals surface area (Å²) in [5, 5.41) is 8.63. The Morgan fingerprint density at radius 2 is 1.50 bits per heavy atom. The monoisotopic (exact) mass is 242 g/mol. The summed E-state index contributed by atoms with van der Waals surface area (Å²) < 4.78 is 0. The summed E-state index contributed by atoms with van der Waals surface area (Å²) in [4.78, 5) is 0. The Morgan fingerprint density at radius 1 is 0.944 bits per heavy atom. The molecule has 0 spiro atoms. The molecule has 0 aliphatic rings. The zero-order valence-corrected chi connectivity index (χ0v) is 11.4. The second-order valence-corrected chi connectivity index (χ2v) is 4.56. The molecular weight excluding hydrogens is 220 g/mol. The van der Waals surface area contributed by atoms with Gasteiger partial charge in [0, 0.05) is 0 Å². The first-order valence-electron chi connectivity index (χ1n) is 6.44. The minimum absolute atomic E-state index is 0.322. The van der Waals surface area contributed by atoms with Gasteiger partial charge in [-0.15, -0.1) is 0 Å². The molecule has 0 aliphatic carbocycles. The van der Waals surface area contributed by atoms with Crippen molar-refractivity contribution in [3.63, 3.8) is 0 Å². The van der Waals surface area contributed by atoms with Crippen LogP contribution in [-0.4, -0.2) is 5.11 Å². The van der Waals surface area contributed by atoms with Gasteiger partial charge in [-0.2, -0.15) is 0 Å². The molecule has 2 aromatic rings. The Bertz CT molecular complexity index is 431. The van der Waals surface area contributed by atoms with Crippen LogP contribution in [0.15, 0.2) is 54.6 Å². The topological polar surface area (TPSA) is 20.2 Å². The van der Waals surface area contributed by atoms with Gasteiger partial charge < -0.3 is 5.11 Å². The summed E-state index contributed by atoms with van der Waals surface area (Å²) in [5.74, 6) is 1.03. The Hall–Kier alpha value is -1.76. The van der Waals surface area contributed by atoms with Gasteiger partial charge in [0.05, 0.1) is 0 Å². The molecule has 0 saturated carbocycles. The van der Waals surface area contributed by atoms with Crippen molar-refractivity contribution in [3.05, 3.63) is 65.7 Å². The van der Waals surface area contributed by atoms with E-state index in [4.69, 9.17) is 5.11 Å². The second-order valence-electron chi connectivity index (χ2n) is 4.56. The molecule has 0 heterocycles. The summed E-state index contributed by atoms with van der Waals surface area (Å²) in [5.41, 5.74) is 2.80. The number of hydrogen-bond donors (Lipinski definition) is 1. The molecule has 0 radical (unpaired) electrons. The molecule has 1 nitrogen and oxygen atoms in total. The quantitative estimate of drug-likeness (QED) is 0.794. The van der Waals surface area contributed by atoms with Crippen LogP contribution in [0.3, 0.4) is 0 Å². The van der Waals surface area contributed by atoms with Crippen molar-refractivity contribution in [2.75, 3.05) is 0 Å². The van der Waals surface area contributed by atoms with Crippen molar-refractivity contribution < 1.29 is 5.11 Å². The van der Waals surface area contributed by atoms with Gasteiger partial charge in [0.25, 0.3) is 0 Å². The van der Waals surface area contributed by atoms with Crippen LogP contribution in [0.5, 0.6) is 5.75 Å². The fraction of sp³-hybridized carbons (Fsp3) is 0.294. The fourth-order valence-electron chi connectivity index (χ4n) is 1.56. The van der Waals surface area contributed by atoms with Crippen LogP contribution in [0, 0.1) is 6.92 Å². The highest BCUT2D eigenvalue weighted by molar-refractivity contribution is 5.23. The van der Waals surface area contributed by atoms with E-state index in [0.717, 1.165) is 0 Å². The van der Waals surface area contributed by atoms with Gasteiger partial charge in [-0.3, -0.25) is 0 Å². The number of para-hydroxylation sites is 1. The van der Waals surface area contributed by atoms with Crippen molar-refractivity contribution in [3.8, 4) is 5.75 Å². The standard InChI is InChI=1S/C11H16.C6H6O/c1-4-10(3)11-7-5-9(2)6-8-11;7-6-4-2-1-3-5-6/h5-8,10H,4H2,1-3H3;1-5,7H. The molecule has 1 heteroatoms. The number of aryl methyl sites for hydroxylation is 1. The molecule has 0 aromatic heterocycles. The van der Waals surface area contributed by atoms with Crippen molar-refractivity contribution in [2.45, 2.75) is 33.1 Å². The number of rotatable bonds is 2. The van der Waals surface area contributed by atoms with Gasteiger partial charge in [0.15, 0.2) is 0 Å². The lowest BCUT2D eigenvalue weighted by Crippen LogP contribution is -1.89. The zero-order chi connectivity index (χ0) is 13.4. The van der Waals surface area contributed by atoms with Gasteiger partial charge >= 0.3 is 0 Å². The maximum Gasteiger partial charge on any atom is 0.115 e. The molecular formula is C17H22O.